The van der Waals surface area contributed by atoms with Gasteiger partial charge in [0.15, 0.2) is 0 Å². The molecule has 18 heavy (non-hydrogen) atoms. The van der Waals surface area contributed by atoms with E-state index in [0.29, 0.717) is 12.0 Å². The molecule has 8 heteroatoms. The zero-order chi connectivity index (χ0) is 12.8. The second-order valence-electron chi connectivity index (χ2n) is 4.11. The molecule has 8 nitrogen and oxygen atoms in total. The topological polar surface area (TPSA) is 109 Å². The lowest BCUT2D eigenvalue weighted by Crippen LogP contribution is -2.23. The van der Waals surface area contributed by atoms with E-state index in [4.69, 9.17) is 10.3 Å². The summed E-state index contributed by atoms with van der Waals surface area (Å²) in [5.74, 6) is 0.416. The van der Waals surface area contributed by atoms with Crippen LogP contribution in [0.3, 0.4) is 0 Å². The summed E-state index contributed by atoms with van der Waals surface area (Å²) in [7, 11) is 1.46. The standard InChI is InChI=1S/C10H15N7O/c1-18-10-14-8(13-9(15-10)16-17-11)12-7-5-3-2-4-6-7/h7H,2-6H2,1H3,(H,12,13,14,15). The largest absolute Gasteiger partial charge is 0.467 e. The van der Waals surface area contributed by atoms with E-state index in [9.17, 15) is 0 Å². The van der Waals surface area contributed by atoms with Gasteiger partial charge in [0.1, 0.15) is 0 Å². The van der Waals surface area contributed by atoms with Gasteiger partial charge in [0.05, 0.1) is 7.11 Å². The zero-order valence-electron chi connectivity index (χ0n) is 10.2. The maximum atomic E-state index is 8.39. The van der Waals surface area contributed by atoms with Crippen molar-refractivity contribution in [1.29, 1.82) is 0 Å². The van der Waals surface area contributed by atoms with Gasteiger partial charge in [0.2, 0.25) is 11.9 Å². The molecule has 0 bridgehead atoms. The number of hydrogen-bond donors (Lipinski definition) is 1. The molecule has 1 heterocycles. The van der Waals surface area contributed by atoms with Crippen molar-refractivity contribution in [3.05, 3.63) is 10.4 Å². The molecule has 0 aromatic carbocycles. The molecule has 0 aliphatic heterocycles. The van der Waals surface area contributed by atoms with Crippen LogP contribution in [0.1, 0.15) is 32.1 Å². The van der Waals surface area contributed by atoms with E-state index < -0.39 is 0 Å². The second kappa shape index (κ2) is 6.02. The third-order valence-electron chi connectivity index (χ3n) is 2.86. The normalized spacial score (nSPS) is 15.8. The van der Waals surface area contributed by atoms with Crippen molar-refractivity contribution in [2.24, 2.45) is 5.11 Å². The average molecular weight is 249 g/mol. The van der Waals surface area contributed by atoms with E-state index in [2.05, 4.69) is 30.3 Å². The molecule has 96 valence electrons. The second-order valence-corrected chi connectivity index (χ2v) is 4.11. The molecule has 0 spiro atoms. The van der Waals surface area contributed by atoms with Gasteiger partial charge in [-0.05, 0) is 23.5 Å². The lowest BCUT2D eigenvalue weighted by atomic mass is 9.96. The molecule has 0 saturated heterocycles. The number of azide groups is 1. The molecule has 2 rings (SSSR count). The molecule has 1 aromatic rings. The summed E-state index contributed by atoms with van der Waals surface area (Å²) in [6.07, 6.45) is 5.91. The van der Waals surface area contributed by atoms with E-state index in [0.717, 1.165) is 12.8 Å². The van der Waals surface area contributed by atoms with Crippen molar-refractivity contribution in [3.63, 3.8) is 0 Å². The minimum absolute atomic E-state index is 0.0164. The van der Waals surface area contributed by atoms with Crippen LogP contribution in [0.4, 0.5) is 11.9 Å². The number of aromatic nitrogens is 3. The Bertz CT molecular complexity index is 452. The van der Waals surface area contributed by atoms with Crippen LogP contribution in [0.2, 0.25) is 0 Å². The predicted octanol–water partition coefficient (Wildman–Crippen LogP) is 2.57. The zero-order valence-corrected chi connectivity index (χ0v) is 10.2. The summed E-state index contributed by atoms with van der Waals surface area (Å²) in [6, 6.07) is 0.510. The predicted molar refractivity (Wildman–Crippen MR) is 65.7 cm³/mol. The monoisotopic (exact) mass is 249 g/mol. The molecular formula is C10H15N7O. The Morgan fingerprint density at radius 2 is 2.06 bits per heavy atom. The Hall–Kier alpha value is -2.08. The molecule has 0 amide bonds. The van der Waals surface area contributed by atoms with Gasteiger partial charge in [0, 0.05) is 11.0 Å². The van der Waals surface area contributed by atoms with Gasteiger partial charge in [-0.1, -0.05) is 19.3 Å². The van der Waals surface area contributed by atoms with Gasteiger partial charge in [-0.15, -0.1) is 0 Å². The number of nitrogens with zero attached hydrogens (tertiary/aromatic N) is 6. The van der Waals surface area contributed by atoms with E-state index in [1.54, 1.807) is 0 Å². The minimum Gasteiger partial charge on any atom is -0.467 e. The Morgan fingerprint density at radius 3 is 2.72 bits per heavy atom. The summed E-state index contributed by atoms with van der Waals surface area (Å²) < 4.78 is 4.95. The SMILES string of the molecule is COc1nc(N=[N+]=[N-])nc(NC2CCCCC2)n1. The Labute approximate surface area is 104 Å². The fourth-order valence-electron chi connectivity index (χ4n) is 2.02. The molecule has 0 unspecified atom stereocenters. The third kappa shape index (κ3) is 3.21. The Morgan fingerprint density at radius 1 is 1.28 bits per heavy atom. The summed E-state index contributed by atoms with van der Waals surface area (Å²) >= 11 is 0. The highest BCUT2D eigenvalue weighted by Gasteiger charge is 2.15. The summed E-state index contributed by atoms with van der Waals surface area (Å²) in [6.45, 7) is 0. The first-order valence-electron chi connectivity index (χ1n) is 5.93. The van der Waals surface area contributed by atoms with Gasteiger partial charge in [-0.25, -0.2) is 0 Å². The van der Waals surface area contributed by atoms with E-state index >= 15 is 0 Å². The van der Waals surface area contributed by atoms with Crippen LogP contribution < -0.4 is 10.1 Å². The first-order chi connectivity index (χ1) is 8.81. The van der Waals surface area contributed by atoms with Crippen molar-refractivity contribution in [3.8, 4) is 6.01 Å². The van der Waals surface area contributed by atoms with Crippen molar-refractivity contribution in [1.82, 2.24) is 15.0 Å². The molecule has 1 saturated carbocycles. The minimum atomic E-state index is 0.0164. The quantitative estimate of drug-likeness (QED) is 0.501. The highest BCUT2D eigenvalue weighted by Crippen LogP contribution is 2.21. The highest BCUT2D eigenvalue weighted by molar-refractivity contribution is 5.33. The summed E-state index contributed by atoms with van der Waals surface area (Å²) in [4.78, 5) is 14.6. The van der Waals surface area contributed by atoms with Crippen molar-refractivity contribution < 1.29 is 4.74 Å². The molecule has 1 N–H and O–H groups in total. The van der Waals surface area contributed by atoms with Gasteiger partial charge >= 0.3 is 6.01 Å². The van der Waals surface area contributed by atoms with Crippen LogP contribution in [-0.2, 0) is 0 Å². The lowest BCUT2D eigenvalue weighted by Gasteiger charge is -2.22. The average Bonchev–Trinajstić information content (AvgIpc) is 2.40. The fourth-order valence-corrected chi connectivity index (χ4v) is 2.02. The van der Waals surface area contributed by atoms with Crippen molar-refractivity contribution >= 4 is 11.9 Å². The van der Waals surface area contributed by atoms with Crippen LogP contribution in [0, 0.1) is 0 Å². The van der Waals surface area contributed by atoms with Gasteiger partial charge in [-0.3, -0.25) is 0 Å². The fraction of sp³-hybridized carbons (Fsp3) is 0.700. The summed E-state index contributed by atoms with van der Waals surface area (Å²) in [5.41, 5.74) is 8.39. The first-order valence-corrected chi connectivity index (χ1v) is 5.93. The van der Waals surface area contributed by atoms with E-state index in [1.165, 1.54) is 26.4 Å². The number of methoxy groups -OCH3 is 1. The summed E-state index contributed by atoms with van der Waals surface area (Å²) in [5, 5.41) is 6.60. The Balaban J connectivity index is 2.14. The number of nitrogens with one attached hydrogen (secondary N) is 1. The number of rotatable bonds is 4. The molecule has 1 aromatic heterocycles. The molecule has 1 aliphatic rings. The molecular weight excluding hydrogens is 234 g/mol. The number of hydrogen-bond acceptors (Lipinski definition) is 6. The van der Waals surface area contributed by atoms with Gasteiger partial charge < -0.3 is 10.1 Å². The molecule has 1 fully saturated rings. The Kier molecular flexibility index (Phi) is 4.14. The van der Waals surface area contributed by atoms with Crippen molar-refractivity contribution in [2.75, 3.05) is 12.4 Å². The van der Waals surface area contributed by atoms with Gasteiger partial charge in [0.25, 0.3) is 0 Å². The van der Waals surface area contributed by atoms with Crippen LogP contribution in [0.15, 0.2) is 5.11 Å². The number of ether oxygens (including phenoxy) is 1. The molecule has 1 aliphatic carbocycles. The van der Waals surface area contributed by atoms with E-state index in [-0.39, 0.29) is 12.0 Å². The van der Waals surface area contributed by atoms with Crippen LogP contribution in [0.5, 0.6) is 6.01 Å². The number of anilines is 1. The first kappa shape index (κ1) is 12.4. The van der Waals surface area contributed by atoms with Crippen LogP contribution in [-0.4, -0.2) is 28.1 Å². The highest BCUT2D eigenvalue weighted by atomic mass is 16.5. The molecule has 0 atom stereocenters. The molecule has 0 radical (unpaired) electrons. The van der Waals surface area contributed by atoms with Crippen LogP contribution in [0.25, 0.3) is 10.4 Å². The van der Waals surface area contributed by atoms with Crippen molar-refractivity contribution in [2.45, 2.75) is 38.1 Å². The maximum Gasteiger partial charge on any atom is 0.321 e. The third-order valence-corrected chi connectivity index (χ3v) is 2.86. The smallest absolute Gasteiger partial charge is 0.321 e. The van der Waals surface area contributed by atoms with Gasteiger partial charge in [-0.2, -0.15) is 15.0 Å². The van der Waals surface area contributed by atoms with Crippen LogP contribution >= 0.6 is 0 Å². The lowest BCUT2D eigenvalue weighted by molar-refractivity contribution is 0.378. The maximum absolute atomic E-state index is 8.39. The van der Waals surface area contributed by atoms with E-state index in [1.807, 2.05) is 0 Å².